The van der Waals surface area contributed by atoms with E-state index in [-0.39, 0.29) is 23.8 Å². The van der Waals surface area contributed by atoms with Gasteiger partial charge in [-0.3, -0.25) is 14.5 Å². The summed E-state index contributed by atoms with van der Waals surface area (Å²) in [5.41, 5.74) is 2.76. The number of hydrogen-bond acceptors (Lipinski definition) is 3. The maximum Gasteiger partial charge on any atom is 0.242 e. The molecule has 5 nitrogen and oxygen atoms in total. The van der Waals surface area contributed by atoms with Crippen molar-refractivity contribution in [1.82, 2.24) is 10.2 Å². The first-order valence-corrected chi connectivity index (χ1v) is 11.1. The van der Waals surface area contributed by atoms with Crippen molar-refractivity contribution < 1.29 is 9.59 Å². The Morgan fingerprint density at radius 3 is 2.37 bits per heavy atom. The van der Waals surface area contributed by atoms with E-state index >= 15 is 0 Å². The Labute approximate surface area is 179 Å². The summed E-state index contributed by atoms with van der Waals surface area (Å²) in [6.45, 7) is 6.17. The molecule has 0 aromatic heterocycles. The number of nitrogens with one attached hydrogen (secondary N) is 2. The molecule has 2 aromatic rings. The summed E-state index contributed by atoms with van der Waals surface area (Å²) in [6, 6.07) is 17.3. The largest absolute Gasteiger partial charge is 0.350 e. The molecule has 160 valence electrons. The van der Waals surface area contributed by atoms with Gasteiger partial charge in [-0.15, -0.1) is 0 Å². The Morgan fingerprint density at radius 1 is 1.00 bits per heavy atom. The van der Waals surface area contributed by atoms with Crippen LogP contribution in [0.5, 0.6) is 0 Å². The van der Waals surface area contributed by atoms with Crippen molar-refractivity contribution in [2.24, 2.45) is 5.92 Å². The van der Waals surface area contributed by atoms with Gasteiger partial charge in [-0.2, -0.15) is 0 Å². The second-order valence-electron chi connectivity index (χ2n) is 7.92. The topological polar surface area (TPSA) is 61.4 Å². The van der Waals surface area contributed by atoms with Crippen LogP contribution >= 0.6 is 0 Å². The third-order valence-corrected chi connectivity index (χ3v) is 5.93. The molecule has 1 unspecified atom stereocenters. The van der Waals surface area contributed by atoms with E-state index in [0.29, 0.717) is 6.54 Å². The highest BCUT2D eigenvalue weighted by atomic mass is 16.2. The molecule has 1 aliphatic rings. The molecule has 0 heterocycles. The number of benzene rings is 2. The molecule has 1 fully saturated rings. The predicted molar refractivity (Wildman–Crippen MR) is 121 cm³/mol. The summed E-state index contributed by atoms with van der Waals surface area (Å²) in [5, 5.41) is 6.13. The molecule has 1 aliphatic carbocycles. The molecule has 0 saturated heterocycles. The van der Waals surface area contributed by atoms with E-state index in [1.165, 1.54) is 0 Å². The summed E-state index contributed by atoms with van der Waals surface area (Å²) in [6.07, 6.45) is 4.24. The van der Waals surface area contributed by atoms with Crippen LogP contribution in [0.4, 0.5) is 5.69 Å². The fourth-order valence-corrected chi connectivity index (χ4v) is 4.23. The molecule has 1 saturated carbocycles. The molecule has 2 aromatic carbocycles. The van der Waals surface area contributed by atoms with E-state index in [9.17, 15) is 9.59 Å². The van der Waals surface area contributed by atoms with Crippen molar-refractivity contribution in [3.63, 3.8) is 0 Å². The minimum Gasteiger partial charge on any atom is -0.350 e. The zero-order valence-corrected chi connectivity index (χ0v) is 18.1. The lowest BCUT2D eigenvalue weighted by Gasteiger charge is -2.29. The zero-order valence-electron chi connectivity index (χ0n) is 18.1. The second kappa shape index (κ2) is 10.9. The minimum atomic E-state index is -0.313. The van der Waals surface area contributed by atoms with Gasteiger partial charge in [0, 0.05) is 18.2 Å². The smallest absolute Gasteiger partial charge is 0.242 e. The van der Waals surface area contributed by atoms with Gasteiger partial charge in [0.2, 0.25) is 11.8 Å². The van der Waals surface area contributed by atoms with Crippen LogP contribution in [0.2, 0.25) is 0 Å². The number of hydrogen-bond donors (Lipinski definition) is 2. The summed E-state index contributed by atoms with van der Waals surface area (Å²) in [5.74, 6) is 0.235. The standard InChI is InChI=1S/C25H33N3O2/c1-3-28(4-2)23(20-12-6-5-7-13-20)25(30)26-18-19-11-10-16-22(17-19)27-24(29)21-14-8-9-15-21/h5-7,10-13,16-17,21,23H,3-4,8-9,14-15,18H2,1-2H3,(H,26,30)(H,27,29). The van der Waals surface area contributed by atoms with Crippen molar-refractivity contribution in [2.75, 3.05) is 18.4 Å². The lowest BCUT2D eigenvalue weighted by atomic mass is 10.0. The Hall–Kier alpha value is -2.66. The van der Waals surface area contributed by atoms with Gasteiger partial charge < -0.3 is 10.6 Å². The van der Waals surface area contributed by atoms with Crippen LogP contribution in [-0.4, -0.2) is 29.8 Å². The molecule has 0 bridgehead atoms. The van der Waals surface area contributed by atoms with Crippen LogP contribution in [0.15, 0.2) is 54.6 Å². The summed E-state index contributed by atoms with van der Waals surface area (Å²) < 4.78 is 0. The van der Waals surface area contributed by atoms with Gasteiger partial charge in [-0.1, -0.05) is 69.2 Å². The fourth-order valence-electron chi connectivity index (χ4n) is 4.23. The quantitative estimate of drug-likeness (QED) is 0.643. The molecule has 2 amide bonds. The Bertz CT molecular complexity index is 827. The fraction of sp³-hybridized carbons (Fsp3) is 0.440. The van der Waals surface area contributed by atoms with Gasteiger partial charge in [-0.25, -0.2) is 0 Å². The molecule has 2 N–H and O–H groups in total. The Kier molecular flexibility index (Phi) is 8.03. The molecular formula is C25H33N3O2. The third-order valence-electron chi connectivity index (χ3n) is 5.93. The Morgan fingerprint density at radius 2 is 1.70 bits per heavy atom. The molecule has 0 aliphatic heterocycles. The van der Waals surface area contributed by atoms with E-state index in [4.69, 9.17) is 0 Å². The number of carbonyl (C=O) groups excluding carboxylic acids is 2. The normalized spacial score (nSPS) is 15.2. The van der Waals surface area contributed by atoms with Crippen LogP contribution in [-0.2, 0) is 16.1 Å². The minimum absolute atomic E-state index is 0.00899. The average Bonchev–Trinajstić information content (AvgIpc) is 3.32. The van der Waals surface area contributed by atoms with E-state index in [1.54, 1.807) is 0 Å². The van der Waals surface area contributed by atoms with Gasteiger partial charge in [0.25, 0.3) is 0 Å². The molecule has 0 radical (unpaired) electrons. The summed E-state index contributed by atoms with van der Waals surface area (Å²) in [4.78, 5) is 27.6. The van der Waals surface area contributed by atoms with Crippen molar-refractivity contribution in [2.45, 2.75) is 52.1 Å². The first-order valence-electron chi connectivity index (χ1n) is 11.1. The van der Waals surface area contributed by atoms with Crippen LogP contribution in [0.1, 0.15) is 56.7 Å². The molecule has 0 spiro atoms. The van der Waals surface area contributed by atoms with E-state index in [2.05, 4.69) is 29.4 Å². The van der Waals surface area contributed by atoms with Gasteiger partial charge in [-0.05, 0) is 49.2 Å². The number of rotatable bonds is 9. The van der Waals surface area contributed by atoms with E-state index < -0.39 is 0 Å². The number of nitrogens with zero attached hydrogens (tertiary/aromatic N) is 1. The molecule has 30 heavy (non-hydrogen) atoms. The van der Waals surface area contributed by atoms with Crippen LogP contribution < -0.4 is 10.6 Å². The lowest BCUT2D eigenvalue weighted by Crippen LogP contribution is -2.40. The number of carbonyl (C=O) groups is 2. The third kappa shape index (κ3) is 5.70. The van der Waals surface area contributed by atoms with Crippen molar-refractivity contribution in [3.8, 4) is 0 Å². The maximum atomic E-state index is 13.1. The average molecular weight is 408 g/mol. The van der Waals surface area contributed by atoms with E-state index in [0.717, 1.165) is 55.6 Å². The predicted octanol–water partition coefficient (Wildman–Crippen LogP) is 4.51. The summed E-state index contributed by atoms with van der Waals surface area (Å²) in [7, 11) is 0. The van der Waals surface area contributed by atoms with Gasteiger partial charge in [0.1, 0.15) is 6.04 Å². The monoisotopic (exact) mass is 407 g/mol. The van der Waals surface area contributed by atoms with Crippen molar-refractivity contribution >= 4 is 17.5 Å². The van der Waals surface area contributed by atoms with Crippen molar-refractivity contribution in [3.05, 3.63) is 65.7 Å². The van der Waals surface area contributed by atoms with Gasteiger partial charge >= 0.3 is 0 Å². The van der Waals surface area contributed by atoms with Crippen molar-refractivity contribution in [1.29, 1.82) is 0 Å². The maximum absolute atomic E-state index is 13.1. The van der Waals surface area contributed by atoms with Crippen LogP contribution in [0.3, 0.4) is 0 Å². The Balaban J connectivity index is 1.64. The highest BCUT2D eigenvalue weighted by Crippen LogP contribution is 2.26. The highest BCUT2D eigenvalue weighted by Gasteiger charge is 2.25. The molecule has 1 atom stereocenters. The first kappa shape index (κ1) is 22.0. The van der Waals surface area contributed by atoms with Crippen LogP contribution in [0.25, 0.3) is 0 Å². The van der Waals surface area contributed by atoms with Crippen LogP contribution in [0, 0.1) is 5.92 Å². The molecule has 3 rings (SSSR count). The number of amides is 2. The molecular weight excluding hydrogens is 374 g/mol. The molecule has 5 heteroatoms. The zero-order chi connectivity index (χ0) is 21.3. The van der Waals surface area contributed by atoms with E-state index in [1.807, 2.05) is 54.6 Å². The first-order chi connectivity index (χ1) is 14.6. The van der Waals surface area contributed by atoms with Gasteiger partial charge in [0.05, 0.1) is 0 Å². The second-order valence-corrected chi connectivity index (χ2v) is 7.92. The summed E-state index contributed by atoms with van der Waals surface area (Å²) >= 11 is 0. The lowest BCUT2D eigenvalue weighted by molar-refractivity contribution is -0.126. The number of likely N-dealkylation sites (N-methyl/N-ethyl adjacent to an activating group) is 1. The highest BCUT2D eigenvalue weighted by molar-refractivity contribution is 5.92. The SMILES string of the molecule is CCN(CC)C(C(=O)NCc1cccc(NC(=O)C2CCCC2)c1)c1ccccc1. The van der Waals surface area contributed by atoms with Gasteiger partial charge in [0.15, 0.2) is 0 Å². The number of anilines is 1.